The predicted molar refractivity (Wildman–Crippen MR) is 125 cm³/mol. The molecular formula is C25H23F3N2O4S. The lowest BCUT2D eigenvalue weighted by molar-refractivity contribution is -0.159. The van der Waals surface area contributed by atoms with E-state index >= 15 is 0 Å². The minimum Gasteiger partial charge on any atom is -0.493 e. The molecule has 4 aromatic rings. The van der Waals surface area contributed by atoms with Crippen molar-refractivity contribution in [3.63, 3.8) is 0 Å². The molecule has 10 heteroatoms. The second kappa shape index (κ2) is 10.4. The molecule has 184 valence electrons. The van der Waals surface area contributed by atoms with Gasteiger partial charge in [0.25, 0.3) is 0 Å². The van der Waals surface area contributed by atoms with Crippen molar-refractivity contribution in [2.75, 3.05) is 13.2 Å². The molecule has 0 saturated heterocycles. The summed E-state index contributed by atoms with van der Waals surface area (Å²) < 4.78 is 60.1. The Morgan fingerprint density at radius 3 is 2.29 bits per heavy atom. The van der Waals surface area contributed by atoms with E-state index in [9.17, 15) is 13.2 Å². The molecule has 0 spiro atoms. The van der Waals surface area contributed by atoms with Gasteiger partial charge in [-0.05, 0) is 68.3 Å². The highest BCUT2D eigenvalue weighted by atomic mass is 32.1. The van der Waals surface area contributed by atoms with Crippen molar-refractivity contribution in [1.82, 2.24) is 10.1 Å². The van der Waals surface area contributed by atoms with Crippen molar-refractivity contribution in [3.8, 4) is 33.7 Å². The van der Waals surface area contributed by atoms with Crippen LogP contribution in [-0.4, -0.2) is 23.4 Å². The average molecular weight is 505 g/mol. The zero-order chi connectivity index (χ0) is 25.0. The van der Waals surface area contributed by atoms with Gasteiger partial charge in [-0.3, -0.25) is 0 Å². The zero-order valence-electron chi connectivity index (χ0n) is 19.3. The summed E-state index contributed by atoms with van der Waals surface area (Å²) in [5.41, 5.74) is 1.94. The number of nitrogens with zero attached hydrogens (tertiary/aromatic N) is 2. The van der Waals surface area contributed by atoms with E-state index in [0.29, 0.717) is 42.4 Å². The quantitative estimate of drug-likeness (QED) is 0.222. The maximum atomic E-state index is 12.7. The number of hydrogen-bond acceptors (Lipinski definition) is 7. The van der Waals surface area contributed by atoms with Crippen LogP contribution in [0.3, 0.4) is 0 Å². The van der Waals surface area contributed by atoms with Gasteiger partial charge in [-0.2, -0.15) is 18.2 Å². The minimum atomic E-state index is -4.68. The van der Waals surface area contributed by atoms with Crippen LogP contribution in [0, 0.1) is 20.8 Å². The molecule has 6 nitrogen and oxygen atoms in total. The third-order valence-corrected chi connectivity index (χ3v) is 5.81. The van der Waals surface area contributed by atoms with Gasteiger partial charge in [0.15, 0.2) is 5.06 Å². The van der Waals surface area contributed by atoms with Crippen molar-refractivity contribution < 1.29 is 31.9 Å². The summed E-state index contributed by atoms with van der Waals surface area (Å²) >= 11 is 1.58. The SMILES string of the molecule is Cc1ccc(Oc2cccc(OCCCOc3c(C)cc(-c4noc(C(F)(F)F)n4)cc3C)c2)s1. The number of aryl methyl sites for hydroxylation is 3. The molecule has 0 atom stereocenters. The Hall–Kier alpha value is -3.53. The molecule has 2 aromatic heterocycles. The van der Waals surface area contributed by atoms with Gasteiger partial charge in [-0.15, -0.1) is 11.3 Å². The standard InChI is InChI=1S/C25H23F3N2O4S/c1-15-12-18(23-29-24(34-30-23)25(26,27)28)13-16(2)22(15)32-11-5-10-31-19-6-4-7-20(14-19)33-21-9-8-17(3)35-21/h4,6-9,12-14H,5,10-11H2,1-3H3. The van der Waals surface area contributed by atoms with Crippen LogP contribution in [0.15, 0.2) is 53.1 Å². The van der Waals surface area contributed by atoms with Crippen molar-refractivity contribution in [1.29, 1.82) is 0 Å². The van der Waals surface area contributed by atoms with Gasteiger partial charge in [-0.1, -0.05) is 11.2 Å². The first-order chi connectivity index (χ1) is 16.7. The van der Waals surface area contributed by atoms with Gasteiger partial charge < -0.3 is 18.7 Å². The molecule has 0 aliphatic rings. The molecule has 4 rings (SSSR count). The molecule has 0 aliphatic carbocycles. The van der Waals surface area contributed by atoms with Crippen LogP contribution in [0.5, 0.6) is 22.3 Å². The molecule has 0 saturated carbocycles. The van der Waals surface area contributed by atoms with E-state index in [1.807, 2.05) is 57.2 Å². The van der Waals surface area contributed by atoms with Gasteiger partial charge in [0.2, 0.25) is 5.82 Å². The van der Waals surface area contributed by atoms with E-state index in [0.717, 1.165) is 16.2 Å². The van der Waals surface area contributed by atoms with Gasteiger partial charge in [-0.25, -0.2) is 0 Å². The fraction of sp³-hybridized carbons (Fsp3) is 0.280. The number of ether oxygens (including phenoxy) is 3. The largest absolute Gasteiger partial charge is 0.493 e. The molecule has 35 heavy (non-hydrogen) atoms. The lowest BCUT2D eigenvalue weighted by Crippen LogP contribution is -2.07. The summed E-state index contributed by atoms with van der Waals surface area (Å²) in [6, 6.07) is 14.7. The van der Waals surface area contributed by atoms with E-state index in [2.05, 4.69) is 14.7 Å². The molecule has 0 bridgehead atoms. The third kappa shape index (κ3) is 6.33. The third-order valence-electron chi connectivity index (χ3n) is 4.93. The monoisotopic (exact) mass is 504 g/mol. The lowest BCUT2D eigenvalue weighted by atomic mass is 10.1. The molecule has 0 N–H and O–H groups in total. The Kier molecular flexibility index (Phi) is 7.30. The van der Waals surface area contributed by atoms with Crippen molar-refractivity contribution >= 4 is 11.3 Å². The first-order valence-corrected chi connectivity index (χ1v) is 11.6. The molecule has 0 amide bonds. The molecule has 0 aliphatic heterocycles. The van der Waals surface area contributed by atoms with Crippen molar-refractivity contribution in [2.45, 2.75) is 33.4 Å². The smallest absolute Gasteiger partial charge is 0.471 e. The molecule has 0 radical (unpaired) electrons. The van der Waals surface area contributed by atoms with E-state index in [-0.39, 0.29) is 5.82 Å². The van der Waals surface area contributed by atoms with Gasteiger partial charge in [0, 0.05) is 22.9 Å². The van der Waals surface area contributed by atoms with Gasteiger partial charge in [0.1, 0.15) is 17.2 Å². The second-order valence-electron chi connectivity index (χ2n) is 7.85. The minimum absolute atomic E-state index is 0.121. The number of halogens is 3. The van der Waals surface area contributed by atoms with Crippen molar-refractivity contribution in [3.05, 3.63) is 70.4 Å². The number of aromatic nitrogens is 2. The maximum absolute atomic E-state index is 12.7. The highest BCUT2D eigenvalue weighted by Crippen LogP contribution is 2.33. The summed E-state index contributed by atoms with van der Waals surface area (Å²) in [4.78, 5) is 4.62. The summed E-state index contributed by atoms with van der Waals surface area (Å²) in [7, 11) is 0. The van der Waals surface area contributed by atoms with E-state index in [1.54, 1.807) is 23.5 Å². The maximum Gasteiger partial charge on any atom is 0.471 e. The lowest BCUT2D eigenvalue weighted by Gasteiger charge is -2.14. The first-order valence-electron chi connectivity index (χ1n) is 10.8. The highest BCUT2D eigenvalue weighted by molar-refractivity contribution is 7.13. The van der Waals surface area contributed by atoms with Crippen LogP contribution < -0.4 is 14.2 Å². The summed E-state index contributed by atoms with van der Waals surface area (Å²) in [6.07, 6.45) is -4.05. The normalized spacial score (nSPS) is 11.5. The fourth-order valence-corrected chi connectivity index (χ4v) is 4.12. The van der Waals surface area contributed by atoms with E-state index in [4.69, 9.17) is 14.2 Å². The summed E-state index contributed by atoms with van der Waals surface area (Å²) in [5, 5.41) is 4.26. The molecule has 0 fully saturated rings. The summed E-state index contributed by atoms with van der Waals surface area (Å²) in [6.45, 7) is 6.51. The number of benzene rings is 2. The Morgan fingerprint density at radius 2 is 1.63 bits per heavy atom. The Balaban J connectivity index is 1.29. The highest BCUT2D eigenvalue weighted by Gasteiger charge is 2.38. The average Bonchev–Trinajstić information content (AvgIpc) is 3.45. The Labute approximate surface area is 204 Å². The van der Waals surface area contributed by atoms with Gasteiger partial charge >= 0.3 is 12.1 Å². The molecule has 0 unspecified atom stereocenters. The molecule has 2 aromatic carbocycles. The van der Waals surface area contributed by atoms with Crippen molar-refractivity contribution in [2.24, 2.45) is 0 Å². The van der Waals surface area contributed by atoms with E-state index < -0.39 is 12.1 Å². The van der Waals surface area contributed by atoms with Crippen LogP contribution in [0.1, 0.15) is 28.3 Å². The van der Waals surface area contributed by atoms with Crippen LogP contribution in [0.4, 0.5) is 13.2 Å². The Morgan fingerprint density at radius 1 is 0.914 bits per heavy atom. The number of rotatable bonds is 9. The topological polar surface area (TPSA) is 66.6 Å². The van der Waals surface area contributed by atoms with Crippen LogP contribution in [0.2, 0.25) is 0 Å². The second-order valence-corrected chi connectivity index (χ2v) is 9.10. The molecular weight excluding hydrogens is 481 g/mol. The predicted octanol–water partition coefficient (Wildman–Crippen LogP) is 7.38. The van der Waals surface area contributed by atoms with Crippen LogP contribution >= 0.6 is 11.3 Å². The fourth-order valence-electron chi connectivity index (χ4n) is 3.40. The number of hydrogen-bond donors (Lipinski definition) is 0. The van der Waals surface area contributed by atoms with Crippen LogP contribution in [-0.2, 0) is 6.18 Å². The Bertz CT molecular complexity index is 1280. The summed E-state index contributed by atoms with van der Waals surface area (Å²) in [5.74, 6) is 0.572. The number of thiophene rings is 1. The number of alkyl halides is 3. The van der Waals surface area contributed by atoms with Gasteiger partial charge in [0.05, 0.1) is 13.2 Å². The van der Waals surface area contributed by atoms with E-state index in [1.165, 1.54) is 4.88 Å². The molecule has 2 heterocycles. The zero-order valence-corrected chi connectivity index (χ0v) is 20.1. The van der Waals surface area contributed by atoms with Crippen LogP contribution in [0.25, 0.3) is 11.4 Å². The first kappa shape index (κ1) is 24.6.